The Bertz CT molecular complexity index is 575. The minimum atomic E-state index is -4.73. The molecule has 3 nitrogen and oxygen atoms in total. The molecule has 0 atom stereocenters. The fourth-order valence-corrected chi connectivity index (χ4v) is 1.65. The lowest BCUT2D eigenvalue weighted by Crippen LogP contribution is -2.08. The van der Waals surface area contributed by atoms with E-state index in [1.807, 2.05) is 6.92 Å². The van der Waals surface area contributed by atoms with Gasteiger partial charge in [0.25, 0.3) is 0 Å². The topological polar surface area (TPSA) is 41.6 Å². The van der Waals surface area contributed by atoms with Crippen LogP contribution in [-0.4, -0.2) is 15.2 Å². The first-order valence-corrected chi connectivity index (χ1v) is 5.70. The summed E-state index contributed by atoms with van der Waals surface area (Å²) in [4.78, 5) is 4.07. The van der Waals surface area contributed by atoms with E-state index in [-0.39, 0.29) is 11.4 Å². The van der Waals surface area contributed by atoms with Gasteiger partial charge >= 0.3 is 6.18 Å². The second-order valence-corrected chi connectivity index (χ2v) is 4.05. The number of hydrogen-bond acceptors (Lipinski definition) is 2. The lowest BCUT2D eigenvalue weighted by molar-refractivity contribution is -0.139. The molecule has 0 spiro atoms. The Morgan fingerprint density at radius 2 is 2.00 bits per heavy atom. The Kier molecular flexibility index (Phi) is 3.55. The van der Waals surface area contributed by atoms with Crippen LogP contribution in [0.5, 0.6) is 0 Å². The molecule has 0 aliphatic rings. The second kappa shape index (κ2) is 4.99. The van der Waals surface area contributed by atoms with Gasteiger partial charge in [0, 0.05) is 12.0 Å². The maximum atomic E-state index is 13.1. The predicted molar refractivity (Wildman–Crippen MR) is 60.8 cm³/mol. The van der Waals surface area contributed by atoms with Gasteiger partial charge in [0.05, 0.1) is 5.56 Å². The number of aromatic amines is 1. The van der Waals surface area contributed by atoms with Crippen LogP contribution >= 0.6 is 0 Å². The normalized spacial score (nSPS) is 11.8. The number of benzene rings is 1. The van der Waals surface area contributed by atoms with Crippen LogP contribution in [0.2, 0.25) is 0 Å². The number of hydrogen-bond donors (Lipinski definition) is 1. The fourth-order valence-electron chi connectivity index (χ4n) is 1.65. The summed E-state index contributed by atoms with van der Waals surface area (Å²) in [6, 6.07) is 2.71. The van der Waals surface area contributed by atoms with Crippen LogP contribution in [0.3, 0.4) is 0 Å². The monoisotopic (exact) mass is 273 g/mol. The van der Waals surface area contributed by atoms with Crippen molar-refractivity contribution in [3.05, 3.63) is 35.4 Å². The number of nitrogens with one attached hydrogen (secondary N) is 1. The molecule has 19 heavy (non-hydrogen) atoms. The van der Waals surface area contributed by atoms with Crippen molar-refractivity contribution in [3.8, 4) is 11.4 Å². The van der Waals surface area contributed by atoms with Crippen LogP contribution in [-0.2, 0) is 12.6 Å². The van der Waals surface area contributed by atoms with Crippen molar-refractivity contribution in [2.75, 3.05) is 0 Å². The van der Waals surface area contributed by atoms with Crippen LogP contribution in [0.1, 0.15) is 24.7 Å². The maximum Gasteiger partial charge on any atom is 0.419 e. The standard InChI is InChI=1S/C12H11F4N3/c1-2-3-10-17-11(19-18-10)7-4-5-9(13)8(6-7)12(14,15)16/h4-6H,2-3H2,1H3,(H,17,18,19). The van der Waals surface area contributed by atoms with Crippen molar-refractivity contribution < 1.29 is 17.6 Å². The highest BCUT2D eigenvalue weighted by molar-refractivity contribution is 5.56. The lowest BCUT2D eigenvalue weighted by Gasteiger charge is -2.08. The molecule has 102 valence electrons. The molecule has 0 fully saturated rings. The zero-order valence-electron chi connectivity index (χ0n) is 10.1. The average molecular weight is 273 g/mol. The van der Waals surface area contributed by atoms with E-state index in [2.05, 4.69) is 15.2 Å². The van der Waals surface area contributed by atoms with Gasteiger partial charge in [-0.2, -0.15) is 18.3 Å². The molecule has 1 N–H and O–H groups in total. The first kappa shape index (κ1) is 13.5. The molecule has 0 saturated heterocycles. The third kappa shape index (κ3) is 2.91. The third-order valence-corrected chi connectivity index (χ3v) is 2.55. The molecule has 0 radical (unpaired) electrons. The molecule has 1 aromatic carbocycles. The first-order chi connectivity index (χ1) is 8.91. The summed E-state index contributed by atoms with van der Waals surface area (Å²) in [5, 5.41) is 6.47. The van der Waals surface area contributed by atoms with E-state index in [4.69, 9.17) is 0 Å². The van der Waals surface area contributed by atoms with Crippen LogP contribution in [0.25, 0.3) is 11.4 Å². The molecule has 1 aromatic heterocycles. The third-order valence-electron chi connectivity index (χ3n) is 2.55. The number of aryl methyl sites for hydroxylation is 1. The zero-order chi connectivity index (χ0) is 14.0. The molecule has 0 saturated carbocycles. The summed E-state index contributed by atoms with van der Waals surface area (Å²) >= 11 is 0. The van der Waals surface area contributed by atoms with Gasteiger partial charge in [-0.3, -0.25) is 5.10 Å². The van der Waals surface area contributed by atoms with Crippen molar-refractivity contribution in [2.45, 2.75) is 25.9 Å². The molecule has 0 aliphatic carbocycles. The molecule has 0 aliphatic heterocycles. The molecule has 2 rings (SSSR count). The van der Waals surface area contributed by atoms with Crippen molar-refractivity contribution in [1.82, 2.24) is 15.2 Å². The minimum Gasteiger partial charge on any atom is -0.263 e. The molecule has 0 bridgehead atoms. The van der Waals surface area contributed by atoms with Gasteiger partial charge in [0.15, 0.2) is 5.82 Å². The smallest absolute Gasteiger partial charge is 0.263 e. The molecule has 1 heterocycles. The van der Waals surface area contributed by atoms with E-state index in [1.165, 1.54) is 6.07 Å². The van der Waals surface area contributed by atoms with Gasteiger partial charge in [0.2, 0.25) is 0 Å². The molecular formula is C12H11F4N3. The summed E-state index contributed by atoms with van der Waals surface area (Å²) in [6.07, 6.45) is -3.24. The highest BCUT2D eigenvalue weighted by Gasteiger charge is 2.34. The van der Waals surface area contributed by atoms with E-state index in [1.54, 1.807) is 0 Å². The molecule has 0 unspecified atom stereocenters. The van der Waals surface area contributed by atoms with Gasteiger partial charge in [0.1, 0.15) is 11.6 Å². The second-order valence-electron chi connectivity index (χ2n) is 4.05. The van der Waals surface area contributed by atoms with Crippen molar-refractivity contribution in [3.63, 3.8) is 0 Å². The summed E-state index contributed by atoms with van der Waals surface area (Å²) in [7, 11) is 0. The zero-order valence-corrected chi connectivity index (χ0v) is 10.1. The van der Waals surface area contributed by atoms with E-state index >= 15 is 0 Å². The summed E-state index contributed by atoms with van der Waals surface area (Å²) in [6.45, 7) is 1.95. The number of halogens is 4. The molecular weight excluding hydrogens is 262 g/mol. The SMILES string of the molecule is CCCc1nc(-c2ccc(F)c(C(F)(F)F)c2)n[nH]1. The summed E-state index contributed by atoms with van der Waals surface area (Å²) < 4.78 is 50.9. The molecule has 2 aromatic rings. The number of aromatic nitrogens is 3. The molecule has 0 amide bonds. The van der Waals surface area contributed by atoms with Crippen LogP contribution in [0.4, 0.5) is 17.6 Å². The Morgan fingerprint density at radius 1 is 1.26 bits per heavy atom. The van der Waals surface area contributed by atoms with E-state index in [9.17, 15) is 17.6 Å². The Labute approximate surface area is 106 Å². The van der Waals surface area contributed by atoms with E-state index in [0.29, 0.717) is 18.3 Å². The number of alkyl halides is 3. The van der Waals surface area contributed by atoms with Crippen molar-refractivity contribution in [2.24, 2.45) is 0 Å². The highest BCUT2D eigenvalue weighted by Crippen LogP contribution is 2.33. The molecule has 7 heteroatoms. The Morgan fingerprint density at radius 3 is 2.63 bits per heavy atom. The maximum absolute atomic E-state index is 13.1. The fraction of sp³-hybridized carbons (Fsp3) is 0.333. The predicted octanol–water partition coefficient (Wildman–Crippen LogP) is 3.58. The minimum absolute atomic E-state index is 0.132. The summed E-state index contributed by atoms with van der Waals surface area (Å²) in [5.41, 5.74) is -1.18. The van der Waals surface area contributed by atoms with Crippen molar-refractivity contribution in [1.29, 1.82) is 0 Å². The van der Waals surface area contributed by atoms with Crippen LogP contribution < -0.4 is 0 Å². The highest BCUT2D eigenvalue weighted by atomic mass is 19.4. The van der Waals surface area contributed by atoms with Gasteiger partial charge in [-0.25, -0.2) is 9.37 Å². The Balaban J connectivity index is 2.39. The quantitative estimate of drug-likeness (QED) is 0.868. The van der Waals surface area contributed by atoms with Gasteiger partial charge < -0.3 is 0 Å². The summed E-state index contributed by atoms with van der Waals surface area (Å²) in [5.74, 6) is -0.579. The van der Waals surface area contributed by atoms with E-state index < -0.39 is 17.6 Å². The number of nitrogens with zero attached hydrogens (tertiary/aromatic N) is 2. The number of rotatable bonds is 3. The van der Waals surface area contributed by atoms with Crippen molar-refractivity contribution >= 4 is 0 Å². The van der Waals surface area contributed by atoms with E-state index in [0.717, 1.165) is 12.5 Å². The van der Waals surface area contributed by atoms with Crippen LogP contribution in [0.15, 0.2) is 18.2 Å². The Hall–Kier alpha value is -1.92. The largest absolute Gasteiger partial charge is 0.419 e. The first-order valence-electron chi connectivity index (χ1n) is 5.70. The van der Waals surface area contributed by atoms with Gasteiger partial charge in [-0.05, 0) is 24.6 Å². The number of H-pyrrole nitrogens is 1. The lowest BCUT2D eigenvalue weighted by atomic mass is 10.1. The van der Waals surface area contributed by atoms with Gasteiger partial charge in [-0.15, -0.1) is 0 Å². The van der Waals surface area contributed by atoms with Crippen LogP contribution in [0, 0.1) is 5.82 Å². The average Bonchev–Trinajstić information content (AvgIpc) is 2.77. The van der Waals surface area contributed by atoms with Gasteiger partial charge in [-0.1, -0.05) is 6.92 Å².